The summed E-state index contributed by atoms with van der Waals surface area (Å²) in [5.41, 5.74) is 0. The van der Waals surface area contributed by atoms with E-state index in [4.69, 9.17) is 0 Å². The first-order chi connectivity index (χ1) is 4.93. The number of amides is 1. The number of hydrogen-bond acceptors (Lipinski definition) is 3. The SMILES string of the molecule is O=CNCC1CSCCS1. The number of carbonyl (C=O) groups is 1. The number of hydrogen-bond donors (Lipinski definition) is 1. The molecule has 1 heterocycles. The maximum Gasteiger partial charge on any atom is 0.207 e. The predicted octanol–water partition coefficient (Wildman–Crippen LogP) is 0.581. The van der Waals surface area contributed by atoms with Crippen molar-refractivity contribution in [3.8, 4) is 0 Å². The van der Waals surface area contributed by atoms with Crippen LogP contribution in [0, 0.1) is 0 Å². The molecular weight excluding hydrogens is 166 g/mol. The lowest BCUT2D eigenvalue weighted by Crippen LogP contribution is -2.27. The monoisotopic (exact) mass is 177 g/mol. The van der Waals surface area contributed by atoms with Gasteiger partial charge in [-0.3, -0.25) is 4.79 Å². The van der Waals surface area contributed by atoms with Crippen LogP contribution in [0.2, 0.25) is 0 Å². The quantitative estimate of drug-likeness (QED) is 0.639. The molecule has 2 nitrogen and oxygen atoms in total. The Morgan fingerprint density at radius 1 is 1.60 bits per heavy atom. The molecule has 0 aromatic heterocycles. The van der Waals surface area contributed by atoms with Crippen LogP contribution in [-0.2, 0) is 4.79 Å². The standard InChI is InChI=1S/C6H11NOS2/c8-5-7-3-6-4-9-1-2-10-6/h5-6H,1-4H2,(H,7,8). The van der Waals surface area contributed by atoms with Crippen LogP contribution in [0.25, 0.3) is 0 Å². The number of thioether (sulfide) groups is 2. The summed E-state index contributed by atoms with van der Waals surface area (Å²) >= 11 is 3.94. The van der Waals surface area contributed by atoms with Gasteiger partial charge in [0.15, 0.2) is 0 Å². The third-order valence-corrected chi connectivity index (χ3v) is 4.16. The highest BCUT2D eigenvalue weighted by molar-refractivity contribution is 8.06. The Labute approximate surface area is 69.5 Å². The molecular formula is C6H11NOS2. The second-order valence-electron chi connectivity index (χ2n) is 2.09. The van der Waals surface area contributed by atoms with Gasteiger partial charge in [0.2, 0.25) is 6.41 Å². The number of carbonyl (C=O) groups excluding carboxylic acids is 1. The molecule has 0 saturated carbocycles. The molecule has 0 bridgehead atoms. The summed E-state index contributed by atoms with van der Waals surface area (Å²) < 4.78 is 0. The maximum atomic E-state index is 9.92. The number of rotatable bonds is 3. The Hall–Kier alpha value is 0.170. The molecule has 1 amide bonds. The lowest BCUT2D eigenvalue weighted by atomic mass is 10.5. The molecule has 0 radical (unpaired) electrons. The zero-order valence-electron chi connectivity index (χ0n) is 5.71. The lowest BCUT2D eigenvalue weighted by Gasteiger charge is -2.19. The molecule has 1 aliphatic heterocycles. The molecule has 0 spiro atoms. The van der Waals surface area contributed by atoms with Gasteiger partial charge in [0.25, 0.3) is 0 Å². The Morgan fingerprint density at radius 2 is 2.50 bits per heavy atom. The van der Waals surface area contributed by atoms with Crippen molar-refractivity contribution in [1.29, 1.82) is 0 Å². The third kappa shape index (κ3) is 2.84. The second kappa shape index (κ2) is 4.91. The molecule has 0 aromatic carbocycles. The summed E-state index contributed by atoms with van der Waals surface area (Å²) in [4.78, 5) is 9.92. The summed E-state index contributed by atoms with van der Waals surface area (Å²) in [5, 5.41) is 3.35. The normalized spacial score (nSPS) is 25.8. The molecule has 10 heavy (non-hydrogen) atoms. The van der Waals surface area contributed by atoms with Crippen LogP contribution in [0.3, 0.4) is 0 Å². The fourth-order valence-corrected chi connectivity index (χ4v) is 3.46. The predicted molar refractivity (Wildman–Crippen MR) is 47.6 cm³/mol. The fourth-order valence-electron chi connectivity index (χ4n) is 0.834. The summed E-state index contributed by atoms with van der Waals surface area (Å²) in [6.45, 7) is 0.834. The van der Waals surface area contributed by atoms with Gasteiger partial charge in [-0.05, 0) is 0 Å². The van der Waals surface area contributed by atoms with Crippen LogP contribution in [-0.4, -0.2) is 35.5 Å². The van der Waals surface area contributed by atoms with E-state index in [0.717, 1.165) is 13.0 Å². The summed E-state index contributed by atoms with van der Waals surface area (Å²) in [6, 6.07) is 0. The second-order valence-corrected chi connectivity index (χ2v) is 4.65. The van der Waals surface area contributed by atoms with Crippen LogP contribution >= 0.6 is 23.5 Å². The first kappa shape index (κ1) is 8.27. The van der Waals surface area contributed by atoms with E-state index in [0.29, 0.717) is 5.25 Å². The van der Waals surface area contributed by atoms with Gasteiger partial charge < -0.3 is 5.32 Å². The highest BCUT2D eigenvalue weighted by atomic mass is 32.2. The molecule has 4 heteroatoms. The van der Waals surface area contributed by atoms with E-state index < -0.39 is 0 Å². The fraction of sp³-hybridized carbons (Fsp3) is 0.833. The van der Waals surface area contributed by atoms with Crippen molar-refractivity contribution < 1.29 is 4.79 Å². The van der Waals surface area contributed by atoms with Gasteiger partial charge in [0.05, 0.1) is 0 Å². The lowest BCUT2D eigenvalue weighted by molar-refractivity contribution is -0.109. The van der Waals surface area contributed by atoms with Crippen molar-refractivity contribution in [1.82, 2.24) is 5.32 Å². The van der Waals surface area contributed by atoms with Gasteiger partial charge in [0.1, 0.15) is 0 Å². The minimum atomic E-state index is 0.643. The first-order valence-corrected chi connectivity index (χ1v) is 5.50. The van der Waals surface area contributed by atoms with E-state index in [9.17, 15) is 4.79 Å². The number of nitrogens with one attached hydrogen (secondary N) is 1. The summed E-state index contributed by atoms with van der Waals surface area (Å²) in [6.07, 6.45) is 0.778. The highest BCUT2D eigenvalue weighted by Crippen LogP contribution is 2.22. The van der Waals surface area contributed by atoms with E-state index >= 15 is 0 Å². The molecule has 1 fully saturated rings. The molecule has 0 aliphatic carbocycles. The largest absolute Gasteiger partial charge is 0.358 e. The van der Waals surface area contributed by atoms with Crippen molar-refractivity contribution in [2.45, 2.75) is 5.25 Å². The summed E-state index contributed by atoms with van der Waals surface area (Å²) in [7, 11) is 0. The first-order valence-electron chi connectivity index (χ1n) is 3.30. The van der Waals surface area contributed by atoms with E-state index in [2.05, 4.69) is 5.32 Å². The Bertz CT molecular complexity index is 104. The van der Waals surface area contributed by atoms with Gasteiger partial charge in [0, 0.05) is 29.1 Å². The molecule has 1 unspecified atom stereocenters. The molecule has 1 aliphatic rings. The molecule has 1 N–H and O–H groups in total. The minimum absolute atomic E-state index is 0.643. The minimum Gasteiger partial charge on any atom is -0.358 e. The average molecular weight is 177 g/mol. The zero-order chi connectivity index (χ0) is 7.23. The smallest absolute Gasteiger partial charge is 0.207 e. The van der Waals surface area contributed by atoms with Gasteiger partial charge in [-0.1, -0.05) is 0 Å². The van der Waals surface area contributed by atoms with Gasteiger partial charge >= 0.3 is 0 Å². The topological polar surface area (TPSA) is 29.1 Å². The van der Waals surface area contributed by atoms with Gasteiger partial charge in [-0.2, -0.15) is 23.5 Å². The van der Waals surface area contributed by atoms with Crippen molar-refractivity contribution in [3.63, 3.8) is 0 Å². The van der Waals surface area contributed by atoms with Crippen LogP contribution in [0.1, 0.15) is 0 Å². The van der Waals surface area contributed by atoms with Gasteiger partial charge in [-0.25, -0.2) is 0 Å². The third-order valence-electron chi connectivity index (χ3n) is 1.31. The highest BCUT2D eigenvalue weighted by Gasteiger charge is 2.12. The maximum absolute atomic E-state index is 9.92. The molecule has 1 saturated heterocycles. The zero-order valence-corrected chi connectivity index (χ0v) is 7.34. The Kier molecular flexibility index (Phi) is 4.06. The molecule has 58 valence electrons. The van der Waals surface area contributed by atoms with Crippen LogP contribution in [0.4, 0.5) is 0 Å². The Balaban J connectivity index is 2.07. The average Bonchev–Trinajstić information content (AvgIpc) is 2.03. The van der Waals surface area contributed by atoms with Crippen LogP contribution < -0.4 is 5.32 Å². The summed E-state index contributed by atoms with van der Waals surface area (Å²) in [5.74, 6) is 3.68. The van der Waals surface area contributed by atoms with Gasteiger partial charge in [-0.15, -0.1) is 0 Å². The molecule has 0 aromatic rings. The van der Waals surface area contributed by atoms with Crippen molar-refractivity contribution in [3.05, 3.63) is 0 Å². The van der Waals surface area contributed by atoms with E-state index in [1.807, 2.05) is 23.5 Å². The molecule has 1 atom stereocenters. The molecule has 1 rings (SSSR count). The van der Waals surface area contributed by atoms with Crippen molar-refractivity contribution >= 4 is 29.9 Å². The van der Waals surface area contributed by atoms with Crippen molar-refractivity contribution in [2.75, 3.05) is 23.8 Å². The van der Waals surface area contributed by atoms with E-state index in [1.54, 1.807) is 0 Å². The van der Waals surface area contributed by atoms with E-state index in [-0.39, 0.29) is 0 Å². The van der Waals surface area contributed by atoms with Crippen LogP contribution in [0.15, 0.2) is 0 Å². The van der Waals surface area contributed by atoms with Crippen LogP contribution in [0.5, 0.6) is 0 Å². The Morgan fingerprint density at radius 3 is 3.10 bits per heavy atom. The van der Waals surface area contributed by atoms with Crippen molar-refractivity contribution in [2.24, 2.45) is 0 Å². The van der Waals surface area contributed by atoms with E-state index in [1.165, 1.54) is 17.3 Å².